The molecule has 12 heteroatoms. The van der Waals surface area contributed by atoms with E-state index in [4.69, 9.17) is 4.74 Å². The number of carbonyl (C=O) groups excluding carboxylic acids is 2. The summed E-state index contributed by atoms with van der Waals surface area (Å²) in [6.07, 6.45) is 8.14. The van der Waals surface area contributed by atoms with Gasteiger partial charge in [-0.2, -0.15) is 9.37 Å². The van der Waals surface area contributed by atoms with Gasteiger partial charge in [0.25, 0.3) is 0 Å². The smallest absolute Gasteiger partial charge is 0.246 e. The van der Waals surface area contributed by atoms with Gasteiger partial charge in [-0.25, -0.2) is 9.97 Å². The van der Waals surface area contributed by atoms with Gasteiger partial charge in [-0.1, -0.05) is 17.9 Å². The molecule has 2 aromatic heterocycles. The molecule has 0 spiro atoms. The van der Waals surface area contributed by atoms with E-state index in [2.05, 4.69) is 42.7 Å². The predicted octanol–water partition coefficient (Wildman–Crippen LogP) is 2.42. The van der Waals surface area contributed by atoms with Crippen molar-refractivity contribution >= 4 is 29.3 Å². The van der Waals surface area contributed by atoms with Crippen molar-refractivity contribution in [1.29, 1.82) is 0 Å². The van der Waals surface area contributed by atoms with E-state index in [9.17, 15) is 14.0 Å². The summed E-state index contributed by atoms with van der Waals surface area (Å²) < 4.78 is 18.5. The number of nitrogens with one attached hydrogen (secondary N) is 3. The van der Waals surface area contributed by atoms with Crippen molar-refractivity contribution in [2.24, 2.45) is 0 Å². The van der Waals surface area contributed by atoms with Crippen molar-refractivity contribution in [3.05, 3.63) is 48.2 Å². The lowest BCUT2D eigenvalue weighted by atomic mass is 10.2. The Morgan fingerprint density at radius 3 is 2.73 bits per heavy atom. The summed E-state index contributed by atoms with van der Waals surface area (Å²) in [6.45, 7) is 3.99. The van der Waals surface area contributed by atoms with Crippen LogP contribution < -0.4 is 16.0 Å². The number of unbranched alkanes of at least 4 members (excludes halogenated alkanes) is 1. The van der Waals surface area contributed by atoms with E-state index in [0.717, 1.165) is 6.42 Å². The monoisotopic (exact) mass is 554 g/mol. The summed E-state index contributed by atoms with van der Waals surface area (Å²) in [5.74, 6) is 5.96. The molecule has 0 aliphatic heterocycles. The number of hydrogen-bond acceptors (Lipinski definition) is 9. The van der Waals surface area contributed by atoms with E-state index in [1.54, 1.807) is 39.4 Å². The van der Waals surface area contributed by atoms with Gasteiger partial charge in [-0.05, 0) is 39.9 Å². The van der Waals surface area contributed by atoms with Gasteiger partial charge in [0.1, 0.15) is 11.9 Å². The highest BCUT2D eigenvalue weighted by atomic mass is 19.1. The Morgan fingerprint density at radius 1 is 1.20 bits per heavy atom. The number of ether oxygens (including phenoxy) is 1. The Kier molecular flexibility index (Phi) is 14.1. The average molecular weight is 555 g/mol. The molecule has 0 saturated heterocycles. The Bertz CT molecular complexity index is 1200. The highest BCUT2D eigenvalue weighted by Crippen LogP contribution is 2.17. The van der Waals surface area contributed by atoms with Gasteiger partial charge in [-0.3, -0.25) is 9.59 Å². The normalized spacial score (nSPS) is 11.6. The molecule has 0 aliphatic rings. The topological polar surface area (TPSA) is 125 Å². The van der Waals surface area contributed by atoms with E-state index in [1.807, 2.05) is 19.0 Å². The zero-order valence-corrected chi connectivity index (χ0v) is 23.8. The second kappa shape index (κ2) is 17.5. The van der Waals surface area contributed by atoms with Gasteiger partial charge < -0.3 is 30.5 Å². The zero-order valence-electron chi connectivity index (χ0n) is 23.8. The fourth-order valence-corrected chi connectivity index (χ4v) is 3.24. The first-order valence-corrected chi connectivity index (χ1v) is 13.0. The summed E-state index contributed by atoms with van der Waals surface area (Å²) >= 11 is 0. The number of pyridine rings is 1. The third kappa shape index (κ3) is 11.8. The number of amides is 2. The number of halogens is 1. The lowest BCUT2D eigenvalue weighted by Crippen LogP contribution is -2.45. The molecule has 2 heterocycles. The van der Waals surface area contributed by atoms with Crippen molar-refractivity contribution in [3.8, 4) is 11.8 Å². The number of nitrogens with zero attached hydrogens (tertiary/aromatic N) is 5. The van der Waals surface area contributed by atoms with Crippen LogP contribution in [0.3, 0.4) is 0 Å². The highest BCUT2D eigenvalue weighted by molar-refractivity contribution is 5.92. The van der Waals surface area contributed by atoms with Crippen LogP contribution in [0.5, 0.6) is 0 Å². The second-order valence-corrected chi connectivity index (χ2v) is 9.21. The predicted molar refractivity (Wildman–Crippen MR) is 154 cm³/mol. The number of rotatable bonds is 15. The Hall–Kier alpha value is -4.08. The maximum Gasteiger partial charge on any atom is 0.246 e. The number of likely N-dealkylation sites (N-methyl/N-ethyl adjacent to an activating group) is 2. The molecule has 0 radical (unpaired) electrons. The molecule has 0 aliphatic carbocycles. The van der Waals surface area contributed by atoms with Crippen LogP contribution in [-0.4, -0.2) is 97.1 Å². The van der Waals surface area contributed by atoms with Crippen LogP contribution in [0.25, 0.3) is 0 Å². The zero-order chi connectivity index (χ0) is 29.3. The molecular weight excluding hydrogens is 515 g/mol. The molecule has 0 bridgehead atoms. The van der Waals surface area contributed by atoms with Crippen molar-refractivity contribution in [2.75, 3.05) is 65.1 Å². The summed E-state index contributed by atoms with van der Waals surface area (Å²) in [5.41, 5.74) is 1.09. The molecule has 0 saturated carbocycles. The molecule has 1 atom stereocenters. The third-order valence-electron chi connectivity index (χ3n) is 5.63. The van der Waals surface area contributed by atoms with E-state index < -0.39 is 12.0 Å². The van der Waals surface area contributed by atoms with Crippen LogP contribution in [0.2, 0.25) is 0 Å². The molecule has 0 fully saturated rings. The fourth-order valence-electron chi connectivity index (χ4n) is 3.24. The number of aromatic nitrogens is 3. The molecule has 0 unspecified atom stereocenters. The summed E-state index contributed by atoms with van der Waals surface area (Å²) in [6, 6.07) is 2.27. The average Bonchev–Trinajstić information content (AvgIpc) is 2.92. The minimum atomic E-state index is -0.607. The number of methoxy groups -OCH3 is 1. The third-order valence-corrected chi connectivity index (χ3v) is 5.63. The quantitative estimate of drug-likeness (QED) is 0.132. The van der Waals surface area contributed by atoms with Crippen LogP contribution in [-0.2, 0) is 14.3 Å². The van der Waals surface area contributed by atoms with Crippen LogP contribution in [0.1, 0.15) is 31.7 Å². The standard InChI is InChI=1S/C28H39FN8O3/c1-21(37(4)25(38)12-9-17-36(2)3)27(39)32-14-8-6-7-11-22-20-33-28(34-23-13-16-30-24(29)19-23)35-26(22)31-15-10-18-40-5/h9,12-13,16,19-21H,6,8,10,14-15,17-18H2,1-5H3,(H,32,39)(H2,30,31,33,34,35)/b12-9+/t21-/m0/s1. The van der Waals surface area contributed by atoms with Gasteiger partial charge in [-0.15, -0.1) is 0 Å². The van der Waals surface area contributed by atoms with Crippen LogP contribution in [0.15, 0.2) is 36.7 Å². The van der Waals surface area contributed by atoms with Gasteiger partial charge in [0.15, 0.2) is 0 Å². The van der Waals surface area contributed by atoms with Gasteiger partial charge in [0.05, 0.1) is 11.8 Å². The summed E-state index contributed by atoms with van der Waals surface area (Å²) in [7, 11) is 7.08. The van der Waals surface area contributed by atoms with E-state index in [0.29, 0.717) is 62.1 Å². The summed E-state index contributed by atoms with van der Waals surface area (Å²) in [4.78, 5) is 40.4. The molecule has 40 heavy (non-hydrogen) atoms. The molecule has 216 valence electrons. The molecular formula is C28H39FN8O3. The first kappa shape index (κ1) is 32.1. The maximum atomic E-state index is 13.4. The van der Waals surface area contributed by atoms with E-state index in [-0.39, 0.29) is 11.8 Å². The minimum absolute atomic E-state index is 0.224. The van der Waals surface area contributed by atoms with Crippen LogP contribution in [0.4, 0.5) is 21.8 Å². The summed E-state index contributed by atoms with van der Waals surface area (Å²) in [5, 5.41) is 9.06. The van der Waals surface area contributed by atoms with Crippen molar-refractivity contribution < 1.29 is 18.7 Å². The van der Waals surface area contributed by atoms with Crippen molar-refractivity contribution in [2.45, 2.75) is 32.2 Å². The van der Waals surface area contributed by atoms with Crippen molar-refractivity contribution in [3.63, 3.8) is 0 Å². The maximum absolute atomic E-state index is 13.4. The lowest BCUT2D eigenvalue weighted by Gasteiger charge is -2.23. The number of anilines is 3. The first-order valence-electron chi connectivity index (χ1n) is 13.0. The van der Waals surface area contributed by atoms with Crippen LogP contribution >= 0.6 is 0 Å². The minimum Gasteiger partial charge on any atom is -0.385 e. The lowest BCUT2D eigenvalue weighted by molar-refractivity contribution is -0.135. The van der Waals surface area contributed by atoms with Crippen LogP contribution in [0, 0.1) is 17.8 Å². The van der Waals surface area contributed by atoms with E-state index >= 15 is 0 Å². The first-order chi connectivity index (χ1) is 19.2. The SMILES string of the molecule is COCCCNc1nc(Nc2ccnc(F)c2)ncc1C#CCCCNC(=O)[C@H](C)N(C)C(=O)/C=C/CN(C)C. The number of carbonyl (C=O) groups is 2. The Labute approximate surface area is 235 Å². The molecule has 3 N–H and O–H groups in total. The Balaban J connectivity index is 1.90. The largest absolute Gasteiger partial charge is 0.385 e. The number of hydrogen-bond donors (Lipinski definition) is 3. The van der Waals surface area contributed by atoms with Gasteiger partial charge in [0, 0.05) is 70.8 Å². The molecule has 2 rings (SSSR count). The molecule has 2 amide bonds. The molecule has 2 aromatic rings. The van der Waals surface area contributed by atoms with Crippen molar-refractivity contribution in [1.82, 2.24) is 30.1 Å². The Morgan fingerprint density at radius 2 is 2.00 bits per heavy atom. The van der Waals surface area contributed by atoms with Gasteiger partial charge in [0.2, 0.25) is 23.7 Å². The highest BCUT2D eigenvalue weighted by Gasteiger charge is 2.20. The van der Waals surface area contributed by atoms with Gasteiger partial charge >= 0.3 is 0 Å². The van der Waals surface area contributed by atoms with E-state index in [1.165, 1.54) is 23.2 Å². The second-order valence-electron chi connectivity index (χ2n) is 9.21. The molecule has 11 nitrogen and oxygen atoms in total. The fraction of sp³-hybridized carbons (Fsp3) is 0.464. The molecule has 0 aromatic carbocycles.